The van der Waals surface area contributed by atoms with Gasteiger partial charge in [-0.2, -0.15) is 0 Å². The first kappa shape index (κ1) is 12.2. The van der Waals surface area contributed by atoms with Crippen molar-refractivity contribution in [3.8, 4) is 0 Å². The summed E-state index contributed by atoms with van der Waals surface area (Å²) in [5, 5.41) is 9.73. The van der Waals surface area contributed by atoms with Gasteiger partial charge in [0.1, 0.15) is 5.92 Å². The Morgan fingerprint density at radius 3 is 2.80 bits per heavy atom. The average Bonchev–Trinajstić information content (AvgIpc) is 2.18. The van der Waals surface area contributed by atoms with E-state index in [1.807, 2.05) is 19.1 Å². The predicted octanol–water partition coefficient (Wildman–Crippen LogP) is 0.892. The minimum atomic E-state index is -0.703. The Labute approximate surface area is 89.9 Å². The molecule has 86 valence electrons. The molecule has 0 radical (unpaired) electrons. The number of hydrogen-bond donors (Lipinski definition) is 1. The molecule has 0 spiro atoms. The topological polar surface area (TPSA) is 55.8 Å². The first-order valence-electron chi connectivity index (χ1n) is 5.33. The van der Waals surface area contributed by atoms with Crippen LogP contribution in [0.4, 0.5) is 0 Å². The minimum Gasteiger partial charge on any atom is -0.466 e. The largest absolute Gasteiger partial charge is 0.466 e. The van der Waals surface area contributed by atoms with Gasteiger partial charge in [-0.05, 0) is 20.3 Å². The highest BCUT2D eigenvalue weighted by molar-refractivity contribution is 5.74. The SMILES string of the molecule is CCOC(=O)C1C(O)CC=CC1OCC. The van der Waals surface area contributed by atoms with Gasteiger partial charge in [0, 0.05) is 6.61 Å². The molecule has 0 saturated carbocycles. The molecule has 0 bridgehead atoms. The first-order valence-corrected chi connectivity index (χ1v) is 5.33. The van der Waals surface area contributed by atoms with Crippen LogP contribution in [0.3, 0.4) is 0 Å². The van der Waals surface area contributed by atoms with E-state index in [2.05, 4.69) is 0 Å². The van der Waals surface area contributed by atoms with E-state index in [1.54, 1.807) is 6.92 Å². The zero-order valence-electron chi connectivity index (χ0n) is 9.18. The molecule has 0 aromatic carbocycles. The van der Waals surface area contributed by atoms with E-state index in [1.165, 1.54) is 0 Å². The Balaban J connectivity index is 2.70. The summed E-state index contributed by atoms with van der Waals surface area (Å²) in [6.07, 6.45) is 3.06. The van der Waals surface area contributed by atoms with Crippen LogP contribution in [0.5, 0.6) is 0 Å². The number of carbonyl (C=O) groups is 1. The van der Waals surface area contributed by atoms with Gasteiger partial charge in [-0.25, -0.2) is 0 Å². The van der Waals surface area contributed by atoms with Crippen molar-refractivity contribution < 1.29 is 19.4 Å². The second-order valence-corrected chi connectivity index (χ2v) is 3.43. The molecular weight excluding hydrogens is 196 g/mol. The predicted molar refractivity (Wildman–Crippen MR) is 55.3 cm³/mol. The van der Waals surface area contributed by atoms with Crippen molar-refractivity contribution >= 4 is 5.97 Å². The molecule has 1 rings (SSSR count). The molecule has 4 heteroatoms. The Bertz CT molecular complexity index is 237. The molecule has 3 atom stereocenters. The van der Waals surface area contributed by atoms with Gasteiger partial charge >= 0.3 is 5.97 Å². The summed E-state index contributed by atoms with van der Waals surface area (Å²) >= 11 is 0. The lowest BCUT2D eigenvalue weighted by Gasteiger charge is -2.29. The van der Waals surface area contributed by atoms with Crippen LogP contribution in [0.2, 0.25) is 0 Å². The number of rotatable bonds is 4. The molecule has 15 heavy (non-hydrogen) atoms. The van der Waals surface area contributed by atoms with Crippen LogP contribution in [0.15, 0.2) is 12.2 Å². The van der Waals surface area contributed by atoms with Gasteiger partial charge in [0.05, 0.1) is 18.8 Å². The Hall–Kier alpha value is -0.870. The third kappa shape index (κ3) is 3.04. The first-order chi connectivity index (χ1) is 7.20. The molecule has 3 unspecified atom stereocenters. The van der Waals surface area contributed by atoms with Gasteiger partial charge in [-0.3, -0.25) is 4.79 Å². The monoisotopic (exact) mass is 214 g/mol. The van der Waals surface area contributed by atoms with Crippen molar-refractivity contribution in [3.63, 3.8) is 0 Å². The van der Waals surface area contributed by atoms with Gasteiger partial charge in [0.15, 0.2) is 0 Å². The normalized spacial score (nSPS) is 30.2. The second-order valence-electron chi connectivity index (χ2n) is 3.43. The second kappa shape index (κ2) is 5.88. The third-order valence-electron chi connectivity index (χ3n) is 2.39. The molecule has 1 N–H and O–H groups in total. The number of aliphatic hydroxyl groups excluding tert-OH is 1. The smallest absolute Gasteiger partial charge is 0.314 e. The fourth-order valence-electron chi connectivity index (χ4n) is 1.72. The van der Waals surface area contributed by atoms with Gasteiger partial charge < -0.3 is 14.6 Å². The zero-order valence-corrected chi connectivity index (χ0v) is 9.18. The summed E-state index contributed by atoms with van der Waals surface area (Å²) in [6, 6.07) is 0. The number of aliphatic hydroxyl groups is 1. The third-order valence-corrected chi connectivity index (χ3v) is 2.39. The summed E-state index contributed by atoms with van der Waals surface area (Å²) in [7, 11) is 0. The fraction of sp³-hybridized carbons (Fsp3) is 0.727. The molecule has 0 aromatic rings. The maximum Gasteiger partial charge on any atom is 0.314 e. The summed E-state index contributed by atoms with van der Waals surface area (Å²) < 4.78 is 10.3. The number of hydrogen-bond acceptors (Lipinski definition) is 4. The summed E-state index contributed by atoms with van der Waals surface area (Å²) in [6.45, 7) is 4.44. The fourth-order valence-corrected chi connectivity index (χ4v) is 1.72. The van der Waals surface area contributed by atoms with E-state index in [0.717, 1.165) is 0 Å². The van der Waals surface area contributed by atoms with Crippen molar-refractivity contribution in [1.29, 1.82) is 0 Å². The molecular formula is C11H18O4. The molecule has 1 aliphatic rings. The summed E-state index contributed by atoms with van der Waals surface area (Å²) in [4.78, 5) is 11.6. The molecule has 1 aliphatic carbocycles. The summed E-state index contributed by atoms with van der Waals surface area (Å²) in [5.74, 6) is -0.970. The van der Waals surface area contributed by atoms with Gasteiger partial charge in [-0.1, -0.05) is 12.2 Å². The lowest BCUT2D eigenvalue weighted by molar-refractivity contribution is -0.158. The van der Waals surface area contributed by atoms with Gasteiger partial charge in [0.2, 0.25) is 0 Å². The average molecular weight is 214 g/mol. The van der Waals surface area contributed by atoms with Crippen molar-refractivity contribution in [2.24, 2.45) is 5.92 Å². The number of esters is 1. The van der Waals surface area contributed by atoms with Crippen molar-refractivity contribution in [3.05, 3.63) is 12.2 Å². The molecule has 0 aliphatic heterocycles. The highest BCUT2D eigenvalue weighted by atomic mass is 16.5. The van der Waals surface area contributed by atoms with Crippen LogP contribution >= 0.6 is 0 Å². The standard InChI is InChI=1S/C11H18O4/c1-3-14-9-7-5-6-8(12)10(9)11(13)15-4-2/h5,7-10,12H,3-4,6H2,1-2H3. The van der Waals surface area contributed by atoms with E-state index < -0.39 is 12.0 Å². The van der Waals surface area contributed by atoms with Crippen LogP contribution in [0.1, 0.15) is 20.3 Å². The van der Waals surface area contributed by atoms with E-state index in [0.29, 0.717) is 19.6 Å². The number of ether oxygens (including phenoxy) is 2. The van der Waals surface area contributed by atoms with Crippen LogP contribution in [-0.2, 0) is 14.3 Å². The van der Waals surface area contributed by atoms with Gasteiger partial charge in [0.25, 0.3) is 0 Å². The van der Waals surface area contributed by atoms with E-state index in [-0.39, 0.29) is 12.1 Å². The quantitative estimate of drug-likeness (QED) is 0.558. The Kier molecular flexibility index (Phi) is 4.78. The van der Waals surface area contributed by atoms with Crippen LogP contribution in [0.25, 0.3) is 0 Å². The molecule has 0 saturated heterocycles. The van der Waals surface area contributed by atoms with Crippen LogP contribution in [0, 0.1) is 5.92 Å². The number of carbonyl (C=O) groups excluding carboxylic acids is 1. The minimum absolute atomic E-state index is 0.324. The molecule has 4 nitrogen and oxygen atoms in total. The molecule has 0 heterocycles. The van der Waals surface area contributed by atoms with Gasteiger partial charge in [-0.15, -0.1) is 0 Å². The lowest BCUT2D eigenvalue weighted by atomic mass is 9.89. The van der Waals surface area contributed by atoms with E-state index >= 15 is 0 Å². The maximum absolute atomic E-state index is 11.6. The molecule has 0 amide bonds. The Morgan fingerprint density at radius 1 is 1.47 bits per heavy atom. The van der Waals surface area contributed by atoms with E-state index in [4.69, 9.17) is 9.47 Å². The van der Waals surface area contributed by atoms with Crippen molar-refractivity contribution in [2.75, 3.05) is 13.2 Å². The maximum atomic E-state index is 11.6. The van der Waals surface area contributed by atoms with Crippen molar-refractivity contribution in [1.82, 2.24) is 0 Å². The molecule has 0 aromatic heterocycles. The highest BCUT2D eigenvalue weighted by Crippen LogP contribution is 2.23. The molecule has 0 fully saturated rings. The lowest BCUT2D eigenvalue weighted by Crippen LogP contribution is -2.41. The zero-order chi connectivity index (χ0) is 11.3. The Morgan fingerprint density at radius 2 is 2.20 bits per heavy atom. The van der Waals surface area contributed by atoms with Crippen molar-refractivity contribution in [2.45, 2.75) is 32.5 Å². The van der Waals surface area contributed by atoms with Crippen LogP contribution < -0.4 is 0 Å². The summed E-state index contributed by atoms with van der Waals surface area (Å²) in [5.41, 5.74) is 0. The highest BCUT2D eigenvalue weighted by Gasteiger charge is 2.36. The van der Waals surface area contributed by atoms with E-state index in [9.17, 15) is 9.90 Å². The van der Waals surface area contributed by atoms with Crippen LogP contribution in [-0.4, -0.2) is 36.5 Å².